The van der Waals surface area contributed by atoms with E-state index in [0.717, 1.165) is 27.6 Å². The summed E-state index contributed by atoms with van der Waals surface area (Å²) in [5, 5.41) is 2.35. The molecule has 2 heterocycles. The monoisotopic (exact) mass is 950 g/mol. The molecular formula is C55H74O10Si2. The van der Waals surface area contributed by atoms with Gasteiger partial charge >= 0.3 is 17.1 Å². The Morgan fingerprint density at radius 2 is 1.04 bits per heavy atom. The standard InChI is InChI=1S/C55H74O10Si2/c1-39(2)66(40(3)4)62-38-51-53(64-67(65-66,41(5)6)42(7)8)54(56-9)55(63-51)61-37-50(59-34-44-23-15-11-16-24-44)52(60-35-45-25-17-12-18-26-45)49(58-33-43-21-13-10-14-22-43)36-57-32-46-29-30-47-27-19-20-28-48(47)31-46/h10-31,39-42,49-55H,32-38H2,1-9H3/t49?,50?,51-,52?,53?,54?,55-/m1/s1. The summed E-state index contributed by atoms with van der Waals surface area (Å²) in [6, 6.07) is 45.3. The number of hydrogen-bond donors (Lipinski definition) is 0. The van der Waals surface area contributed by atoms with Crippen molar-refractivity contribution in [3.63, 3.8) is 0 Å². The van der Waals surface area contributed by atoms with Gasteiger partial charge in [0.05, 0.1) is 46.2 Å². The molecule has 5 unspecified atom stereocenters. The molecular weight excluding hydrogens is 877 g/mol. The molecule has 0 aromatic heterocycles. The largest absolute Gasteiger partial charge is 0.414 e. The van der Waals surface area contributed by atoms with Crippen LogP contribution in [0.5, 0.6) is 0 Å². The summed E-state index contributed by atoms with van der Waals surface area (Å²) in [6.07, 6.45) is -4.16. The fourth-order valence-corrected chi connectivity index (χ4v) is 20.8. The highest BCUT2D eigenvalue weighted by atomic mass is 28.5. The zero-order valence-corrected chi connectivity index (χ0v) is 43.1. The minimum Gasteiger partial charge on any atom is -0.414 e. The number of fused-ring (bicyclic) bond motifs is 2. The lowest BCUT2D eigenvalue weighted by Crippen LogP contribution is -2.66. The number of ether oxygens (including phenoxy) is 7. The van der Waals surface area contributed by atoms with Crippen LogP contribution in [0.2, 0.25) is 22.2 Å². The molecule has 0 spiro atoms. The quantitative estimate of drug-likeness (QED) is 0.0590. The predicted octanol–water partition coefficient (Wildman–Crippen LogP) is 11.8. The first-order valence-electron chi connectivity index (χ1n) is 24.3. The van der Waals surface area contributed by atoms with Crippen LogP contribution in [0, 0.1) is 0 Å². The third-order valence-electron chi connectivity index (χ3n) is 13.3. The minimum atomic E-state index is -2.97. The molecule has 0 aliphatic carbocycles. The fourth-order valence-electron chi connectivity index (χ4n) is 9.55. The summed E-state index contributed by atoms with van der Waals surface area (Å²) < 4.78 is 69.5. The zero-order chi connectivity index (χ0) is 47.4. The van der Waals surface area contributed by atoms with Crippen molar-refractivity contribution in [2.45, 2.75) is 147 Å². The molecule has 67 heavy (non-hydrogen) atoms. The van der Waals surface area contributed by atoms with Gasteiger partial charge in [0.1, 0.15) is 36.6 Å². The molecule has 0 bridgehead atoms. The topological polar surface area (TPSA) is 92.3 Å². The Morgan fingerprint density at radius 3 is 1.58 bits per heavy atom. The van der Waals surface area contributed by atoms with Crippen LogP contribution >= 0.6 is 0 Å². The predicted molar refractivity (Wildman–Crippen MR) is 268 cm³/mol. The second kappa shape index (κ2) is 24.3. The van der Waals surface area contributed by atoms with Crippen LogP contribution in [0.3, 0.4) is 0 Å². The molecule has 0 amide bonds. The lowest BCUT2D eigenvalue weighted by molar-refractivity contribution is -0.220. The lowest BCUT2D eigenvalue weighted by Gasteiger charge is -2.51. The van der Waals surface area contributed by atoms with E-state index in [1.54, 1.807) is 7.11 Å². The summed E-state index contributed by atoms with van der Waals surface area (Å²) in [5.74, 6) is 0. The Labute approximate surface area is 402 Å². The molecule has 0 N–H and O–H groups in total. The molecule has 10 nitrogen and oxygen atoms in total. The van der Waals surface area contributed by atoms with Crippen LogP contribution in [0.1, 0.15) is 77.6 Å². The van der Waals surface area contributed by atoms with Gasteiger partial charge in [0, 0.05) is 7.11 Å². The maximum absolute atomic E-state index is 7.50. The van der Waals surface area contributed by atoms with Crippen molar-refractivity contribution in [1.82, 2.24) is 0 Å². The molecule has 12 heteroatoms. The Bertz CT molecular complexity index is 2190. The smallest absolute Gasteiger partial charge is 0.335 e. The Hall–Kier alpha value is -3.61. The summed E-state index contributed by atoms with van der Waals surface area (Å²) in [6.45, 7) is 19.8. The van der Waals surface area contributed by atoms with Crippen molar-refractivity contribution < 1.29 is 46.1 Å². The first kappa shape index (κ1) is 51.2. The number of rotatable bonds is 23. The zero-order valence-electron chi connectivity index (χ0n) is 41.1. The van der Waals surface area contributed by atoms with Crippen LogP contribution in [0.15, 0.2) is 133 Å². The highest BCUT2D eigenvalue weighted by Crippen LogP contribution is 2.48. The van der Waals surface area contributed by atoms with Crippen LogP contribution in [-0.2, 0) is 72.6 Å². The molecule has 0 radical (unpaired) electrons. The summed E-state index contributed by atoms with van der Waals surface area (Å²) >= 11 is 0. The number of hydrogen-bond acceptors (Lipinski definition) is 10. The SMILES string of the molecule is COC1C2O[Si](C(C)C)(C(C)C)O[Si](C(C)C)(C(C)C)OC[C@H]2O[C@H]1OCC(OCc1ccccc1)C(OCc1ccccc1)C(COCc1ccc2ccccc2c1)OCc1ccccc1. The third kappa shape index (κ3) is 12.8. The fraction of sp³-hybridized carbons (Fsp3) is 0.491. The Morgan fingerprint density at radius 1 is 0.537 bits per heavy atom. The molecule has 5 aromatic carbocycles. The van der Waals surface area contributed by atoms with E-state index in [1.807, 2.05) is 54.6 Å². The molecule has 2 fully saturated rings. The van der Waals surface area contributed by atoms with Crippen molar-refractivity contribution in [3.8, 4) is 0 Å². The van der Waals surface area contributed by atoms with Crippen LogP contribution in [0.4, 0.5) is 0 Å². The van der Waals surface area contributed by atoms with Crippen LogP contribution in [-0.4, -0.2) is 87.0 Å². The minimum absolute atomic E-state index is 0.0943. The maximum atomic E-state index is 7.50. The van der Waals surface area contributed by atoms with Gasteiger partial charge in [-0.3, -0.25) is 0 Å². The van der Waals surface area contributed by atoms with Crippen molar-refractivity contribution in [2.24, 2.45) is 0 Å². The second-order valence-electron chi connectivity index (χ2n) is 19.3. The molecule has 5 aromatic rings. The van der Waals surface area contributed by atoms with E-state index in [1.165, 1.54) is 5.39 Å². The molecule has 7 atom stereocenters. The first-order chi connectivity index (χ1) is 32.4. The average molecular weight is 951 g/mol. The second-order valence-corrected chi connectivity index (χ2v) is 28.1. The molecule has 362 valence electrons. The first-order valence-corrected chi connectivity index (χ1v) is 28.2. The average Bonchev–Trinajstić information content (AvgIpc) is 3.65. The lowest BCUT2D eigenvalue weighted by atomic mass is 10.1. The van der Waals surface area contributed by atoms with E-state index in [2.05, 4.69) is 134 Å². The third-order valence-corrected chi connectivity index (χ3v) is 23.5. The van der Waals surface area contributed by atoms with E-state index in [9.17, 15) is 0 Å². The van der Waals surface area contributed by atoms with Crippen molar-refractivity contribution >= 4 is 27.9 Å². The van der Waals surface area contributed by atoms with Gasteiger partial charge < -0.3 is 46.1 Å². The van der Waals surface area contributed by atoms with Gasteiger partial charge in [0.25, 0.3) is 0 Å². The Kier molecular flexibility index (Phi) is 18.6. The summed E-state index contributed by atoms with van der Waals surface area (Å²) in [7, 11) is -4.08. The highest BCUT2D eigenvalue weighted by molar-refractivity contribution is 6.84. The van der Waals surface area contributed by atoms with Crippen molar-refractivity contribution in [1.29, 1.82) is 0 Å². The van der Waals surface area contributed by atoms with Crippen molar-refractivity contribution in [3.05, 3.63) is 156 Å². The van der Waals surface area contributed by atoms with Gasteiger partial charge in [0.2, 0.25) is 0 Å². The van der Waals surface area contributed by atoms with E-state index in [4.69, 9.17) is 46.1 Å². The van der Waals surface area contributed by atoms with E-state index in [0.29, 0.717) is 33.0 Å². The molecule has 2 saturated heterocycles. The van der Waals surface area contributed by atoms with Crippen LogP contribution in [0.25, 0.3) is 10.8 Å². The van der Waals surface area contributed by atoms with Gasteiger partial charge in [-0.25, -0.2) is 0 Å². The van der Waals surface area contributed by atoms with Gasteiger partial charge in [0.15, 0.2) is 6.29 Å². The van der Waals surface area contributed by atoms with E-state index >= 15 is 0 Å². The van der Waals surface area contributed by atoms with E-state index < -0.39 is 60.0 Å². The molecule has 2 aliphatic rings. The van der Waals surface area contributed by atoms with Crippen LogP contribution < -0.4 is 0 Å². The van der Waals surface area contributed by atoms with Gasteiger partial charge in [-0.15, -0.1) is 0 Å². The number of methoxy groups -OCH3 is 1. The molecule has 2 aliphatic heterocycles. The summed E-state index contributed by atoms with van der Waals surface area (Å²) in [4.78, 5) is 0. The molecule has 0 saturated carbocycles. The van der Waals surface area contributed by atoms with Gasteiger partial charge in [-0.2, -0.15) is 0 Å². The maximum Gasteiger partial charge on any atom is 0.335 e. The van der Waals surface area contributed by atoms with Gasteiger partial charge in [-0.1, -0.05) is 183 Å². The van der Waals surface area contributed by atoms with E-state index in [-0.39, 0.29) is 35.4 Å². The number of benzene rings is 5. The molecule has 7 rings (SSSR count). The van der Waals surface area contributed by atoms with Gasteiger partial charge in [-0.05, 0) is 61.3 Å². The Balaban J connectivity index is 1.20. The van der Waals surface area contributed by atoms with Crippen molar-refractivity contribution in [2.75, 3.05) is 26.9 Å². The highest BCUT2D eigenvalue weighted by Gasteiger charge is 2.62. The summed E-state index contributed by atoms with van der Waals surface area (Å²) in [5.41, 5.74) is 4.84. The normalized spacial score (nSPS) is 21.9.